The van der Waals surface area contributed by atoms with Crippen LogP contribution in [0.2, 0.25) is 0 Å². The lowest BCUT2D eigenvalue weighted by Crippen LogP contribution is -2.31. The summed E-state index contributed by atoms with van der Waals surface area (Å²) < 4.78 is 0. The van der Waals surface area contributed by atoms with Gasteiger partial charge in [-0.3, -0.25) is 9.59 Å². The maximum atomic E-state index is 12.6. The largest absolute Gasteiger partial charge is 0.376 e. The Kier molecular flexibility index (Phi) is 6.75. The number of amides is 2. The molecular formula is C20H22N4O2. The second-order valence-electron chi connectivity index (χ2n) is 5.62. The highest BCUT2D eigenvalue weighted by Crippen LogP contribution is 2.17. The molecule has 134 valence electrons. The Bertz CT molecular complexity index is 823. The molecule has 6 heteroatoms. The molecule has 2 aromatic carbocycles. The van der Waals surface area contributed by atoms with E-state index in [-0.39, 0.29) is 18.4 Å². The van der Waals surface area contributed by atoms with Crippen molar-refractivity contribution in [3.63, 3.8) is 0 Å². The molecule has 0 radical (unpaired) electrons. The van der Waals surface area contributed by atoms with Crippen molar-refractivity contribution in [2.75, 3.05) is 30.3 Å². The Morgan fingerprint density at radius 1 is 1.08 bits per heavy atom. The molecule has 0 unspecified atom stereocenters. The van der Waals surface area contributed by atoms with Crippen LogP contribution in [0.5, 0.6) is 0 Å². The molecule has 0 atom stereocenters. The summed E-state index contributed by atoms with van der Waals surface area (Å²) in [5, 5.41) is 14.7. The second-order valence-corrected chi connectivity index (χ2v) is 5.62. The maximum Gasteiger partial charge on any atom is 0.255 e. The molecule has 0 spiro atoms. The minimum absolute atomic E-state index is 0.0132. The molecule has 0 aromatic heterocycles. The van der Waals surface area contributed by atoms with Gasteiger partial charge < -0.3 is 15.5 Å². The molecule has 2 N–H and O–H groups in total. The van der Waals surface area contributed by atoms with Gasteiger partial charge in [0, 0.05) is 24.5 Å². The molecule has 26 heavy (non-hydrogen) atoms. The van der Waals surface area contributed by atoms with Crippen LogP contribution in [0.25, 0.3) is 0 Å². The third-order valence-electron chi connectivity index (χ3n) is 3.92. The van der Waals surface area contributed by atoms with E-state index in [1.807, 2.05) is 26.0 Å². The fraction of sp³-hybridized carbons (Fsp3) is 0.250. The van der Waals surface area contributed by atoms with E-state index < -0.39 is 0 Å². The van der Waals surface area contributed by atoms with Gasteiger partial charge in [-0.25, -0.2) is 0 Å². The van der Waals surface area contributed by atoms with Crippen LogP contribution in [0.3, 0.4) is 0 Å². The highest BCUT2D eigenvalue weighted by atomic mass is 16.2. The molecule has 0 heterocycles. The Hall–Kier alpha value is -3.33. The summed E-state index contributed by atoms with van der Waals surface area (Å²) in [5.41, 5.74) is 2.19. The first-order chi connectivity index (χ1) is 12.6. The van der Waals surface area contributed by atoms with Gasteiger partial charge in [0.05, 0.1) is 23.7 Å². The van der Waals surface area contributed by atoms with E-state index in [1.54, 1.807) is 47.4 Å². The topological polar surface area (TPSA) is 85.2 Å². The monoisotopic (exact) mass is 350 g/mol. The smallest absolute Gasteiger partial charge is 0.255 e. The quantitative estimate of drug-likeness (QED) is 0.803. The lowest BCUT2D eigenvalue weighted by molar-refractivity contribution is -0.114. The van der Waals surface area contributed by atoms with E-state index in [4.69, 9.17) is 5.26 Å². The fourth-order valence-corrected chi connectivity index (χ4v) is 2.55. The first-order valence-corrected chi connectivity index (χ1v) is 8.51. The number of para-hydroxylation sites is 1. The maximum absolute atomic E-state index is 12.6. The van der Waals surface area contributed by atoms with Crippen LogP contribution in [-0.2, 0) is 4.79 Å². The van der Waals surface area contributed by atoms with Crippen molar-refractivity contribution >= 4 is 23.2 Å². The van der Waals surface area contributed by atoms with Crippen LogP contribution >= 0.6 is 0 Å². The number of hydrogen-bond donors (Lipinski definition) is 2. The van der Waals surface area contributed by atoms with Gasteiger partial charge in [-0.2, -0.15) is 5.26 Å². The number of hydrogen-bond acceptors (Lipinski definition) is 4. The van der Waals surface area contributed by atoms with Crippen molar-refractivity contribution in [2.24, 2.45) is 0 Å². The van der Waals surface area contributed by atoms with Gasteiger partial charge in [-0.15, -0.1) is 0 Å². The van der Waals surface area contributed by atoms with Gasteiger partial charge >= 0.3 is 0 Å². The molecular weight excluding hydrogens is 328 g/mol. The van der Waals surface area contributed by atoms with Crippen molar-refractivity contribution in [3.8, 4) is 6.07 Å². The summed E-state index contributed by atoms with van der Waals surface area (Å²) in [6, 6.07) is 15.9. The molecule has 6 nitrogen and oxygen atoms in total. The third kappa shape index (κ3) is 4.84. The van der Waals surface area contributed by atoms with Crippen LogP contribution in [-0.4, -0.2) is 36.3 Å². The Balaban J connectivity index is 2.04. The van der Waals surface area contributed by atoms with Crippen LogP contribution in [0.1, 0.15) is 29.8 Å². The predicted octanol–water partition coefficient (Wildman–Crippen LogP) is 3.09. The first-order valence-electron chi connectivity index (χ1n) is 8.51. The average molecular weight is 350 g/mol. The van der Waals surface area contributed by atoms with Gasteiger partial charge in [-0.1, -0.05) is 18.2 Å². The standard InChI is InChI=1S/C20H22N4O2/c1-3-24(4-2)20(26)17-10-5-6-11-18(17)22-14-19(25)23-16-9-7-8-15(12-16)13-21/h5-12,22H,3-4,14H2,1-2H3,(H,23,25). The molecule has 0 saturated carbocycles. The van der Waals surface area contributed by atoms with Crippen molar-refractivity contribution in [2.45, 2.75) is 13.8 Å². The Morgan fingerprint density at radius 3 is 2.50 bits per heavy atom. The molecule has 2 aromatic rings. The van der Waals surface area contributed by atoms with Crippen LogP contribution in [0, 0.1) is 11.3 Å². The average Bonchev–Trinajstić information content (AvgIpc) is 2.67. The summed E-state index contributed by atoms with van der Waals surface area (Å²) in [6.45, 7) is 5.12. The number of nitriles is 1. The number of benzene rings is 2. The minimum atomic E-state index is -0.259. The van der Waals surface area contributed by atoms with E-state index in [0.717, 1.165) is 0 Å². The van der Waals surface area contributed by atoms with Crippen molar-refractivity contribution in [1.82, 2.24) is 4.90 Å². The number of nitrogens with one attached hydrogen (secondary N) is 2. The predicted molar refractivity (Wildman–Crippen MR) is 102 cm³/mol. The van der Waals surface area contributed by atoms with Gasteiger partial charge in [0.2, 0.25) is 5.91 Å². The van der Waals surface area contributed by atoms with Crippen LogP contribution in [0.4, 0.5) is 11.4 Å². The summed E-state index contributed by atoms with van der Waals surface area (Å²) in [5.74, 6) is -0.328. The Labute approximate surface area is 153 Å². The molecule has 2 rings (SSSR count). The summed E-state index contributed by atoms with van der Waals surface area (Å²) >= 11 is 0. The van der Waals surface area contributed by atoms with Gasteiger partial charge in [0.25, 0.3) is 5.91 Å². The van der Waals surface area contributed by atoms with Crippen molar-refractivity contribution in [1.29, 1.82) is 5.26 Å². The summed E-state index contributed by atoms with van der Waals surface area (Å²) in [7, 11) is 0. The highest BCUT2D eigenvalue weighted by Gasteiger charge is 2.16. The van der Waals surface area contributed by atoms with Gasteiger partial charge in [0.15, 0.2) is 0 Å². The second kappa shape index (κ2) is 9.23. The Morgan fingerprint density at radius 2 is 1.81 bits per heavy atom. The van der Waals surface area contributed by atoms with Crippen molar-refractivity contribution < 1.29 is 9.59 Å². The van der Waals surface area contributed by atoms with E-state index in [2.05, 4.69) is 10.6 Å². The first kappa shape index (κ1) is 19.0. The molecule has 0 bridgehead atoms. The third-order valence-corrected chi connectivity index (χ3v) is 3.92. The summed E-state index contributed by atoms with van der Waals surface area (Å²) in [6.07, 6.45) is 0. The lowest BCUT2D eigenvalue weighted by atomic mass is 10.1. The molecule has 0 fully saturated rings. The zero-order valence-corrected chi connectivity index (χ0v) is 15.0. The fourth-order valence-electron chi connectivity index (χ4n) is 2.55. The minimum Gasteiger partial charge on any atom is -0.376 e. The summed E-state index contributed by atoms with van der Waals surface area (Å²) in [4.78, 5) is 26.5. The number of nitrogens with zero attached hydrogens (tertiary/aromatic N) is 2. The molecule has 0 aliphatic rings. The zero-order valence-electron chi connectivity index (χ0n) is 15.0. The van der Waals surface area contributed by atoms with Crippen LogP contribution < -0.4 is 10.6 Å². The highest BCUT2D eigenvalue weighted by molar-refractivity contribution is 6.01. The van der Waals surface area contributed by atoms with E-state index >= 15 is 0 Å². The van der Waals surface area contributed by atoms with Crippen molar-refractivity contribution in [3.05, 3.63) is 59.7 Å². The van der Waals surface area contributed by atoms with Gasteiger partial charge in [-0.05, 0) is 44.2 Å². The normalized spacial score (nSPS) is 9.88. The number of anilines is 2. The number of carbonyl (C=O) groups is 2. The van der Waals surface area contributed by atoms with E-state index in [9.17, 15) is 9.59 Å². The lowest BCUT2D eigenvalue weighted by Gasteiger charge is -2.20. The zero-order chi connectivity index (χ0) is 18.9. The number of rotatable bonds is 7. The van der Waals surface area contributed by atoms with Gasteiger partial charge in [0.1, 0.15) is 0 Å². The van der Waals surface area contributed by atoms with E-state index in [1.165, 1.54) is 0 Å². The SMILES string of the molecule is CCN(CC)C(=O)c1ccccc1NCC(=O)Nc1cccc(C#N)c1. The molecule has 0 aliphatic carbocycles. The molecule has 2 amide bonds. The van der Waals surface area contributed by atoms with Crippen LogP contribution in [0.15, 0.2) is 48.5 Å². The number of carbonyl (C=O) groups excluding carboxylic acids is 2. The van der Waals surface area contributed by atoms with E-state index in [0.29, 0.717) is 35.6 Å². The molecule has 0 aliphatic heterocycles. The molecule has 0 saturated heterocycles.